The number of hydrogen-bond donors (Lipinski definition) is 0. The van der Waals surface area contributed by atoms with Gasteiger partial charge in [0.2, 0.25) is 0 Å². The van der Waals surface area contributed by atoms with E-state index in [9.17, 15) is 0 Å². The molecule has 1 fully saturated rings. The quantitative estimate of drug-likeness (QED) is 0.602. The molecule has 1 heterocycles. The van der Waals surface area contributed by atoms with Gasteiger partial charge < -0.3 is 4.90 Å². The third kappa shape index (κ3) is 2.84. The fourth-order valence-electron chi connectivity index (χ4n) is 2.49. The summed E-state index contributed by atoms with van der Waals surface area (Å²) in [5.41, 5.74) is 0.600. The molecule has 0 bridgehead atoms. The lowest BCUT2D eigenvalue weighted by Gasteiger charge is -2.40. The zero-order chi connectivity index (χ0) is 9.73. The van der Waals surface area contributed by atoms with Gasteiger partial charge in [-0.3, -0.25) is 0 Å². The predicted molar refractivity (Wildman–Crippen MR) is 58.9 cm³/mol. The Labute approximate surface area is 82.8 Å². The Hall–Kier alpha value is -0.300. The Morgan fingerprint density at radius 1 is 1.38 bits per heavy atom. The van der Waals surface area contributed by atoms with Crippen molar-refractivity contribution in [2.75, 3.05) is 20.1 Å². The van der Waals surface area contributed by atoms with E-state index in [0.29, 0.717) is 5.41 Å². The summed E-state index contributed by atoms with van der Waals surface area (Å²) in [6, 6.07) is 0. The molecule has 1 rings (SSSR count). The first-order valence-corrected chi connectivity index (χ1v) is 5.52. The average Bonchev–Trinajstić information content (AvgIpc) is 2.11. The van der Waals surface area contributed by atoms with E-state index in [2.05, 4.69) is 31.5 Å². The normalized spacial score (nSPS) is 22.9. The monoisotopic (exact) mass is 181 g/mol. The van der Waals surface area contributed by atoms with Crippen LogP contribution in [0.25, 0.3) is 0 Å². The van der Waals surface area contributed by atoms with Crippen LogP contribution in [0.2, 0.25) is 0 Å². The van der Waals surface area contributed by atoms with E-state index < -0.39 is 0 Å². The van der Waals surface area contributed by atoms with Crippen molar-refractivity contribution in [2.24, 2.45) is 5.41 Å². The fraction of sp³-hybridized carbons (Fsp3) is 0.833. The second-order valence-corrected chi connectivity index (χ2v) is 4.55. The lowest BCUT2D eigenvalue weighted by molar-refractivity contribution is 0.114. The molecule has 1 heteroatoms. The Morgan fingerprint density at radius 3 is 2.46 bits per heavy atom. The van der Waals surface area contributed by atoms with Crippen molar-refractivity contribution in [3.8, 4) is 0 Å². The molecular weight excluding hydrogens is 158 g/mol. The van der Waals surface area contributed by atoms with Gasteiger partial charge in [0.05, 0.1) is 0 Å². The zero-order valence-electron chi connectivity index (χ0n) is 9.18. The van der Waals surface area contributed by atoms with Crippen LogP contribution in [-0.2, 0) is 0 Å². The van der Waals surface area contributed by atoms with Crippen LogP contribution in [0.3, 0.4) is 0 Å². The molecule has 0 amide bonds. The molecule has 0 aromatic carbocycles. The molecule has 0 saturated carbocycles. The third-order valence-corrected chi connectivity index (χ3v) is 3.41. The molecule has 1 aliphatic heterocycles. The van der Waals surface area contributed by atoms with Gasteiger partial charge in [-0.15, -0.1) is 6.58 Å². The minimum atomic E-state index is 0.600. The minimum Gasteiger partial charge on any atom is -0.306 e. The molecule has 13 heavy (non-hydrogen) atoms. The van der Waals surface area contributed by atoms with Crippen molar-refractivity contribution in [1.82, 2.24) is 4.90 Å². The Kier molecular flexibility index (Phi) is 3.98. The number of rotatable bonds is 4. The van der Waals surface area contributed by atoms with Gasteiger partial charge >= 0.3 is 0 Å². The van der Waals surface area contributed by atoms with Crippen LogP contribution in [0, 0.1) is 5.41 Å². The van der Waals surface area contributed by atoms with Gasteiger partial charge in [0.15, 0.2) is 0 Å². The van der Waals surface area contributed by atoms with Gasteiger partial charge in [0, 0.05) is 0 Å². The molecular formula is C12H23N. The summed E-state index contributed by atoms with van der Waals surface area (Å²) < 4.78 is 0. The summed E-state index contributed by atoms with van der Waals surface area (Å²) in [7, 11) is 2.23. The van der Waals surface area contributed by atoms with Crippen LogP contribution >= 0.6 is 0 Å². The van der Waals surface area contributed by atoms with E-state index in [1.807, 2.05) is 0 Å². The number of piperidine rings is 1. The average molecular weight is 181 g/mol. The van der Waals surface area contributed by atoms with Crippen LogP contribution in [-0.4, -0.2) is 25.0 Å². The van der Waals surface area contributed by atoms with Crippen molar-refractivity contribution in [3.05, 3.63) is 12.7 Å². The molecule has 0 spiro atoms. The van der Waals surface area contributed by atoms with Crippen molar-refractivity contribution in [3.63, 3.8) is 0 Å². The summed E-state index contributed by atoms with van der Waals surface area (Å²) in [4.78, 5) is 2.44. The Morgan fingerprint density at radius 2 is 2.00 bits per heavy atom. The van der Waals surface area contributed by atoms with Crippen LogP contribution in [0.4, 0.5) is 0 Å². The van der Waals surface area contributed by atoms with E-state index in [0.717, 1.165) is 0 Å². The second kappa shape index (κ2) is 4.80. The van der Waals surface area contributed by atoms with Crippen molar-refractivity contribution in [1.29, 1.82) is 0 Å². The maximum absolute atomic E-state index is 3.89. The second-order valence-electron chi connectivity index (χ2n) is 4.55. The highest BCUT2D eigenvalue weighted by atomic mass is 15.1. The van der Waals surface area contributed by atoms with E-state index in [4.69, 9.17) is 0 Å². The number of likely N-dealkylation sites (tertiary alicyclic amines) is 1. The fourth-order valence-corrected chi connectivity index (χ4v) is 2.49. The van der Waals surface area contributed by atoms with Crippen molar-refractivity contribution in [2.45, 2.75) is 39.0 Å². The molecule has 1 aliphatic rings. The topological polar surface area (TPSA) is 3.24 Å². The van der Waals surface area contributed by atoms with Crippen LogP contribution in [0.15, 0.2) is 12.7 Å². The molecule has 1 nitrogen and oxygen atoms in total. The van der Waals surface area contributed by atoms with E-state index in [1.54, 1.807) is 0 Å². The van der Waals surface area contributed by atoms with Gasteiger partial charge in [-0.2, -0.15) is 0 Å². The van der Waals surface area contributed by atoms with E-state index in [1.165, 1.54) is 45.2 Å². The maximum atomic E-state index is 3.89. The zero-order valence-corrected chi connectivity index (χ0v) is 9.18. The summed E-state index contributed by atoms with van der Waals surface area (Å²) >= 11 is 0. The highest BCUT2D eigenvalue weighted by molar-refractivity contribution is 4.90. The van der Waals surface area contributed by atoms with Gasteiger partial charge in [0.1, 0.15) is 0 Å². The number of hydrogen-bond acceptors (Lipinski definition) is 1. The lowest BCUT2D eigenvalue weighted by atomic mass is 9.72. The van der Waals surface area contributed by atoms with Crippen LogP contribution in [0.1, 0.15) is 39.0 Å². The molecule has 0 atom stereocenters. The number of nitrogens with zero attached hydrogens (tertiary/aromatic N) is 1. The van der Waals surface area contributed by atoms with Crippen LogP contribution < -0.4 is 0 Å². The van der Waals surface area contributed by atoms with E-state index >= 15 is 0 Å². The highest BCUT2D eigenvalue weighted by Crippen LogP contribution is 2.39. The largest absolute Gasteiger partial charge is 0.306 e. The minimum absolute atomic E-state index is 0.600. The van der Waals surface area contributed by atoms with E-state index in [-0.39, 0.29) is 0 Å². The SMILES string of the molecule is C=CCC1(CCC)CCN(C)CC1. The summed E-state index contributed by atoms with van der Waals surface area (Å²) in [6.45, 7) is 8.73. The van der Waals surface area contributed by atoms with Gasteiger partial charge in [0.25, 0.3) is 0 Å². The van der Waals surface area contributed by atoms with Gasteiger partial charge in [-0.25, -0.2) is 0 Å². The predicted octanol–water partition coefficient (Wildman–Crippen LogP) is 3.07. The molecule has 76 valence electrons. The Bertz CT molecular complexity index is 155. The summed E-state index contributed by atoms with van der Waals surface area (Å²) in [5.74, 6) is 0. The summed E-state index contributed by atoms with van der Waals surface area (Å²) in [6.07, 6.45) is 8.76. The van der Waals surface area contributed by atoms with Gasteiger partial charge in [-0.1, -0.05) is 19.4 Å². The molecule has 0 N–H and O–H groups in total. The molecule has 0 radical (unpaired) electrons. The Balaban J connectivity index is 2.51. The molecule has 0 aromatic heterocycles. The molecule has 1 saturated heterocycles. The maximum Gasteiger partial charge on any atom is -0.00164 e. The molecule has 0 aromatic rings. The smallest absolute Gasteiger partial charge is 0.00164 e. The van der Waals surface area contributed by atoms with Crippen molar-refractivity contribution >= 4 is 0 Å². The summed E-state index contributed by atoms with van der Waals surface area (Å²) in [5, 5.41) is 0. The van der Waals surface area contributed by atoms with Crippen LogP contribution in [0.5, 0.6) is 0 Å². The first-order valence-electron chi connectivity index (χ1n) is 5.52. The lowest BCUT2D eigenvalue weighted by Crippen LogP contribution is -2.37. The highest BCUT2D eigenvalue weighted by Gasteiger charge is 2.31. The van der Waals surface area contributed by atoms with Gasteiger partial charge in [-0.05, 0) is 51.2 Å². The first kappa shape index (κ1) is 10.8. The molecule has 0 unspecified atom stereocenters. The molecule has 0 aliphatic carbocycles. The standard InChI is InChI=1S/C12H23N/c1-4-6-12(7-5-2)8-10-13(3)11-9-12/h4H,1,5-11H2,2-3H3. The van der Waals surface area contributed by atoms with Crippen molar-refractivity contribution < 1.29 is 0 Å². The first-order chi connectivity index (χ1) is 6.22. The third-order valence-electron chi connectivity index (χ3n) is 3.41. The number of allylic oxidation sites excluding steroid dienone is 1.